The minimum Gasteiger partial charge on any atom is -0.458 e. The average molecular weight is 695 g/mol. The van der Waals surface area contributed by atoms with Crippen LogP contribution < -0.4 is 10.1 Å². The first kappa shape index (κ1) is 29.5. The van der Waals surface area contributed by atoms with E-state index in [0.29, 0.717) is 33.3 Å². The third-order valence-electron chi connectivity index (χ3n) is 8.67. The second-order valence-electron chi connectivity index (χ2n) is 12.1. The van der Waals surface area contributed by atoms with Crippen LogP contribution in [-0.4, -0.2) is 85.3 Å². The quantitative estimate of drug-likeness (QED) is 0.214. The number of benzene rings is 1. The number of rotatable bonds is 8. The number of Topliss-reactive ketones (excluding diaryl/α,β-unsaturated/α-hetero) is 1. The highest BCUT2D eigenvalue weighted by Gasteiger charge is 2.64. The van der Waals surface area contributed by atoms with Crippen molar-refractivity contribution in [2.45, 2.75) is 51.4 Å². The van der Waals surface area contributed by atoms with Crippen LogP contribution in [-0.2, 0) is 26.0 Å². The Kier molecular flexibility index (Phi) is 7.00. The van der Waals surface area contributed by atoms with Gasteiger partial charge in [0.1, 0.15) is 34.8 Å². The van der Waals surface area contributed by atoms with Crippen LogP contribution in [0, 0.1) is 5.41 Å². The molecule has 2 saturated heterocycles. The molecular formula is C30H28BrN7O6S. The zero-order valence-electron chi connectivity index (χ0n) is 24.3. The van der Waals surface area contributed by atoms with Gasteiger partial charge >= 0.3 is 6.01 Å². The number of ketones is 1. The van der Waals surface area contributed by atoms with E-state index in [4.69, 9.17) is 4.74 Å². The van der Waals surface area contributed by atoms with Gasteiger partial charge in [-0.2, -0.15) is 5.10 Å². The predicted octanol–water partition coefficient (Wildman–Crippen LogP) is 3.05. The molecular weight excluding hydrogens is 666 g/mol. The lowest BCUT2D eigenvalue weighted by Gasteiger charge is -2.26. The van der Waals surface area contributed by atoms with Crippen LogP contribution in [0.4, 0.5) is 5.82 Å². The molecule has 0 spiro atoms. The van der Waals surface area contributed by atoms with Gasteiger partial charge in [-0.1, -0.05) is 19.1 Å². The fraction of sp³-hybridized carbons (Fsp3) is 0.367. The topological polar surface area (TPSA) is 166 Å². The molecule has 1 N–H and O–H groups in total. The van der Waals surface area contributed by atoms with Gasteiger partial charge in [0.2, 0.25) is 11.8 Å². The Hall–Kier alpha value is -4.24. The van der Waals surface area contributed by atoms with Gasteiger partial charge in [-0.15, -0.1) is 0 Å². The second kappa shape index (κ2) is 10.7. The highest BCUT2D eigenvalue weighted by molar-refractivity contribution is 9.10. The number of amides is 2. The second-order valence-corrected chi connectivity index (χ2v) is 15.1. The Morgan fingerprint density at radius 3 is 2.53 bits per heavy atom. The minimum absolute atomic E-state index is 0.0439. The summed E-state index contributed by atoms with van der Waals surface area (Å²) in [6, 6.07) is 10.0. The average Bonchev–Trinajstić information content (AvgIpc) is 3.33. The first-order valence-electron chi connectivity index (χ1n) is 14.3. The van der Waals surface area contributed by atoms with Crippen molar-refractivity contribution >= 4 is 60.1 Å². The highest BCUT2D eigenvalue weighted by atomic mass is 79.9. The third kappa shape index (κ3) is 5.58. The molecule has 45 heavy (non-hydrogen) atoms. The Labute approximate surface area is 266 Å². The van der Waals surface area contributed by atoms with E-state index in [2.05, 4.69) is 48.2 Å². The molecule has 0 radical (unpaired) electrons. The number of pyridine rings is 1. The van der Waals surface area contributed by atoms with Gasteiger partial charge in [-0.3, -0.25) is 19.1 Å². The fourth-order valence-corrected chi connectivity index (χ4v) is 7.77. The van der Waals surface area contributed by atoms with Gasteiger partial charge in [0.15, 0.2) is 15.6 Å². The fourth-order valence-electron chi connectivity index (χ4n) is 6.26. The Balaban J connectivity index is 1.11. The van der Waals surface area contributed by atoms with Crippen molar-refractivity contribution in [3.63, 3.8) is 0 Å². The molecule has 2 aliphatic heterocycles. The molecule has 0 bridgehead atoms. The van der Waals surface area contributed by atoms with Crippen molar-refractivity contribution in [2.75, 3.05) is 16.8 Å². The van der Waals surface area contributed by atoms with E-state index >= 15 is 0 Å². The molecule has 7 rings (SSSR count). The molecule has 1 saturated carbocycles. The number of hydrogen-bond donors (Lipinski definition) is 1. The summed E-state index contributed by atoms with van der Waals surface area (Å²) in [5.41, 5.74) is 2.08. The first-order valence-corrected chi connectivity index (χ1v) is 17.0. The highest BCUT2D eigenvalue weighted by Crippen LogP contribution is 2.59. The number of carbonyl (C=O) groups excluding carboxylic acids is 3. The number of aromatic nitrogens is 5. The zero-order valence-corrected chi connectivity index (χ0v) is 26.7. The van der Waals surface area contributed by atoms with Crippen LogP contribution in [0.1, 0.15) is 37.2 Å². The number of nitrogens with zero attached hydrogens (tertiary/aromatic N) is 6. The van der Waals surface area contributed by atoms with Gasteiger partial charge in [-0.05, 0) is 64.0 Å². The standard InChI is InChI=1S/C30H28BrN7O6S/c1-16(39)27-20-8-17(18-11-32-29(33-12-18)44-19-14-45(42,43)15-19)6-7-21(20)37(36-27)13-26(40)38-22(9-30(2)10-23(30)38)28(41)35-25-5-3-4-24(31)34-25/h3-8,11-12,19,22-23H,9-10,13-15H2,1-2H3,(H,34,35,41)/t22-,23+,30-/m0/s1. The van der Waals surface area contributed by atoms with Crippen LogP contribution >= 0.6 is 15.9 Å². The molecule has 0 unspecified atom stereocenters. The zero-order chi connectivity index (χ0) is 31.7. The summed E-state index contributed by atoms with van der Waals surface area (Å²) in [6.45, 7) is 3.37. The lowest BCUT2D eigenvalue weighted by Crippen LogP contribution is -2.46. The maximum absolute atomic E-state index is 13.8. The van der Waals surface area contributed by atoms with E-state index in [1.165, 1.54) is 11.6 Å². The molecule has 4 aromatic rings. The number of nitrogens with one attached hydrogen (secondary N) is 1. The molecule has 1 aliphatic carbocycles. The number of hydrogen-bond acceptors (Lipinski definition) is 10. The van der Waals surface area contributed by atoms with Crippen molar-refractivity contribution in [2.24, 2.45) is 5.41 Å². The molecule has 3 aromatic heterocycles. The van der Waals surface area contributed by atoms with Gasteiger partial charge < -0.3 is 15.0 Å². The van der Waals surface area contributed by atoms with Gasteiger partial charge in [0.25, 0.3) is 0 Å². The molecule has 3 atom stereocenters. The molecule has 13 nitrogen and oxygen atoms in total. The number of halogens is 1. The molecule has 3 aliphatic rings. The molecule has 1 aromatic carbocycles. The van der Waals surface area contributed by atoms with Gasteiger partial charge in [0, 0.05) is 36.3 Å². The third-order valence-corrected chi connectivity index (χ3v) is 10.9. The van der Waals surface area contributed by atoms with E-state index in [1.807, 2.05) is 6.07 Å². The number of sulfone groups is 1. The smallest absolute Gasteiger partial charge is 0.316 e. The van der Waals surface area contributed by atoms with Gasteiger partial charge in [0.05, 0.1) is 17.0 Å². The summed E-state index contributed by atoms with van der Waals surface area (Å²) in [7, 11) is -3.03. The summed E-state index contributed by atoms with van der Waals surface area (Å²) in [5, 5.41) is 7.93. The summed E-state index contributed by atoms with van der Waals surface area (Å²) < 4.78 is 30.4. The number of piperidine rings is 1. The van der Waals surface area contributed by atoms with E-state index < -0.39 is 22.0 Å². The number of fused-ring (bicyclic) bond motifs is 2. The SMILES string of the molecule is CC(=O)c1nn(CC(=O)N2[C@H](C(=O)Nc3cccc(Br)n3)C[C@@]3(C)C[C@@H]23)c2ccc(-c3cnc(OC4CS(=O)(=O)C4)nc3)cc12. The summed E-state index contributed by atoms with van der Waals surface area (Å²) in [5.74, 6) is -0.510. The van der Waals surface area contributed by atoms with Crippen LogP contribution in [0.5, 0.6) is 6.01 Å². The summed E-state index contributed by atoms with van der Waals surface area (Å²) in [6.07, 6.45) is 4.05. The van der Waals surface area contributed by atoms with E-state index in [-0.39, 0.29) is 58.8 Å². The van der Waals surface area contributed by atoms with Gasteiger partial charge in [-0.25, -0.2) is 23.4 Å². The van der Waals surface area contributed by atoms with E-state index in [9.17, 15) is 22.8 Å². The van der Waals surface area contributed by atoms with Crippen LogP contribution in [0.3, 0.4) is 0 Å². The van der Waals surface area contributed by atoms with E-state index in [1.54, 1.807) is 47.6 Å². The van der Waals surface area contributed by atoms with E-state index in [0.717, 1.165) is 12.0 Å². The number of likely N-dealkylation sites (tertiary alicyclic amines) is 1. The monoisotopic (exact) mass is 693 g/mol. The number of carbonyl (C=O) groups is 3. The summed E-state index contributed by atoms with van der Waals surface area (Å²) >= 11 is 3.31. The maximum atomic E-state index is 13.8. The lowest BCUT2D eigenvalue weighted by atomic mass is 10.0. The maximum Gasteiger partial charge on any atom is 0.316 e. The Morgan fingerprint density at radius 2 is 1.84 bits per heavy atom. The molecule has 2 amide bonds. The molecule has 5 heterocycles. The Morgan fingerprint density at radius 1 is 1.09 bits per heavy atom. The predicted molar refractivity (Wildman–Crippen MR) is 166 cm³/mol. The van der Waals surface area contributed by atoms with Crippen LogP contribution in [0.25, 0.3) is 22.0 Å². The van der Waals surface area contributed by atoms with Crippen molar-refractivity contribution in [3.05, 3.63) is 59.1 Å². The van der Waals surface area contributed by atoms with Crippen molar-refractivity contribution in [1.82, 2.24) is 29.6 Å². The number of ether oxygens (including phenoxy) is 1. The number of anilines is 1. The van der Waals surface area contributed by atoms with Crippen molar-refractivity contribution in [1.29, 1.82) is 0 Å². The first-order chi connectivity index (χ1) is 21.4. The summed E-state index contributed by atoms with van der Waals surface area (Å²) in [4.78, 5) is 54.1. The van der Waals surface area contributed by atoms with Crippen LogP contribution in [0.2, 0.25) is 0 Å². The molecule has 3 fully saturated rings. The van der Waals surface area contributed by atoms with Crippen LogP contribution in [0.15, 0.2) is 53.4 Å². The molecule has 15 heteroatoms. The van der Waals surface area contributed by atoms with Crippen molar-refractivity contribution < 1.29 is 27.5 Å². The normalized spacial score (nSPS) is 23.3. The van der Waals surface area contributed by atoms with Crippen molar-refractivity contribution in [3.8, 4) is 17.1 Å². The minimum atomic E-state index is -3.03. The molecule has 232 valence electrons. The Bertz CT molecular complexity index is 1990. The largest absolute Gasteiger partial charge is 0.458 e. The lowest BCUT2D eigenvalue weighted by molar-refractivity contribution is -0.138.